The Bertz CT molecular complexity index is 2480. The SMILES string of the molecule is CCCCCCCC/C=C\CCCCCC(=O)OC1C(O)C(O)C(OC2OC(CO)C(O)C(O)C2O)C(OP(=O)(O)OCC(COC(=O)CCCCCCCCC(C)CCCCCCCC)OC(=O)CCCCCCCCCCCCCCCCC)C1OC1OC(COC(=O)CCCCCCCCCCCCCCC)C(O)C(O)C1O. The van der Waals surface area contributed by atoms with Crippen molar-refractivity contribution in [3.8, 4) is 0 Å². The smallest absolute Gasteiger partial charge is 0.463 e. The first-order valence-electron chi connectivity index (χ1n) is 46.8. The summed E-state index contributed by atoms with van der Waals surface area (Å²) in [7, 11) is -5.81. The highest BCUT2D eigenvalue weighted by molar-refractivity contribution is 7.47. The molecule has 3 rings (SSSR count). The molecule has 116 heavy (non-hydrogen) atoms. The average Bonchev–Trinajstić information content (AvgIpc) is 0.754. The van der Waals surface area contributed by atoms with Crippen LogP contribution in [0.5, 0.6) is 0 Å². The van der Waals surface area contributed by atoms with Crippen LogP contribution in [0.1, 0.15) is 401 Å². The molecule has 0 aromatic carbocycles. The van der Waals surface area contributed by atoms with Crippen LogP contribution in [-0.2, 0) is 70.7 Å². The summed E-state index contributed by atoms with van der Waals surface area (Å²) in [5, 5.41) is 102. The largest absolute Gasteiger partial charge is 0.472 e. The Morgan fingerprint density at radius 3 is 1.12 bits per heavy atom. The van der Waals surface area contributed by atoms with Crippen molar-refractivity contribution in [1.29, 1.82) is 0 Å². The molecule has 0 spiro atoms. The molecule has 2 saturated heterocycles. The minimum atomic E-state index is -5.81. The third-order valence-corrected chi connectivity index (χ3v) is 24.2. The van der Waals surface area contributed by atoms with Crippen molar-refractivity contribution >= 4 is 31.7 Å². The van der Waals surface area contributed by atoms with E-state index >= 15 is 0 Å². The predicted octanol–water partition coefficient (Wildman–Crippen LogP) is 17.0. The maximum absolute atomic E-state index is 14.9. The Morgan fingerprint density at radius 1 is 0.362 bits per heavy atom. The van der Waals surface area contributed by atoms with E-state index in [1.165, 1.54) is 180 Å². The van der Waals surface area contributed by atoms with E-state index in [2.05, 4.69) is 46.8 Å². The van der Waals surface area contributed by atoms with Crippen molar-refractivity contribution in [2.24, 2.45) is 5.92 Å². The van der Waals surface area contributed by atoms with Gasteiger partial charge < -0.3 is 88.7 Å². The summed E-state index contributed by atoms with van der Waals surface area (Å²) in [5.74, 6) is -2.28. The van der Waals surface area contributed by atoms with E-state index < -0.39 is 162 Å². The van der Waals surface area contributed by atoms with E-state index in [1.807, 2.05) is 0 Å². The molecular formula is C90H167O25P. The number of esters is 4. The first kappa shape index (κ1) is 107. The molecule has 26 heteroatoms. The molecule has 2 heterocycles. The Kier molecular flexibility index (Phi) is 63.5. The minimum absolute atomic E-state index is 0.0165. The summed E-state index contributed by atoms with van der Waals surface area (Å²) in [6, 6.07) is 0. The zero-order valence-electron chi connectivity index (χ0n) is 72.7. The minimum Gasteiger partial charge on any atom is -0.463 e. The van der Waals surface area contributed by atoms with Crippen LogP contribution in [0.3, 0.4) is 0 Å². The van der Waals surface area contributed by atoms with Crippen LogP contribution in [0.4, 0.5) is 0 Å². The van der Waals surface area contributed by atoms with Gasteiger partial charge in [0.2, 0.25) is 0 Å². The molecule has 0 aromatic heterocycles. The van der Waals surface area contributed by atoms with Crippen molar-refractivity contribution in [2.45, 2.75) is 505 Å². The van der Waals surface area contributed by atoms with Gasteiger partial charge in [-0.15, -0.1) is 0 Å². The number of phosphoric acid groups is 1. The third-order valence-electron chi connectivity index (χ3n) is 23.2. The van der Waals surface area contributed by atoms with Gasteiger partial charge in [0.15, 0.2) is 24.8 Å². The highest BCUT2D eigenvalue weighted by Crippen LogP contribution is 2.49. The Morgan fingerprint density at radius 2 is 0.698 bits per heavy atom. The fourth-order valence-electron chi connectivity index (χ4n) is 15.6. The van der Waals surface area contributed by atoms with Crippen molar-refractivity contribution in [3.63, 3.8) is 0 Å². The highest BCUT2D eigenvalue weighted by Gasteiger charge is 2.60. The molecule has 682 valence electrons. The van der Waals surface area contributed by atoms with Crippen LogP contribution in [-0.4, -0.2) is 205 Å². The van der Waals surface area contributed by atoms with Gasteiger partial charge in [-0.1, -0.05) is 336 Å². The predicted molar refractivity (Wildman–Crippen MR) is 449 cm³/mol. The van der Waals surface area contributed by atoms with Crippen molar-refractivity contribution in [3.05, 3.63) is 12.2 Å². The second-order valence-corrected chi connectivity index (χ2v) is 35.2. The van der Waals surface area contributed by atoms with Gasteiger partial charge in [-0.3, -0.25) is 28.2 Å². The number of ether oxygens (including phenoxy) is 8. The number of hydrogen-bond donors (Lipinski definition) is 10. The maximum atomic E-state index is 14.9. The number of carbonyl (C=O) groups excluding carboxylic acids is 4. The first-order valence-corrected chi connectivity index (χ1v) is 48.3. The van der Waals surface area contributed by atoms with Crippen LogP contribution in [0, 0.1) is 5.92 Å². The molecular weight excluding hydrogens is 1510 g/mol. The fourth-order valence-corrected chi connectivity index (χ4v) is 16.6. The summed E-state index contributed by atoms with van der Waals surface area (Å²) >= 11 is 0. The number of rotatable bonds is 75. The molecule has 25 nitrogen and oxygen atoms in total. The van der Waals surface area contributed by atoms with Gasteiger partial charge in [-0.2, -0.15) is 0 Å². The van der Waals surface area contributed by atoms with Crippen molar-refractivity contribution in [1.82, 2.24) is 0 Å². The number of carbonyl (C=O) groups is 4. The monoisotopic (exact) mass is 1680 g/mol. The van der Waals surface area contributed by atoms with Gasteiger partial charge in [-0.05, 0) is 57.3 Å². The van der Waals surface area contributed by atoms with Crippen LogP contribution in [0.2, 0.25) is 0 Å². The standard InChI is InChI=1S/C90H167O25P/c1-6-10-14-18-22-25-28-31-32-35-38-40-43-51-57-63-75(94)109-70(66-106-73(92)61-55-50-46-45-48-54-60-69(5)59-53-47-21-17-13-9-4)67-108-116(104,105)115-88-86(113-89-83(102)79(98)77(96)71(65-91)110-89)82(101)81(100)85(112-76(95)64-58-52-44-41-37-34-30-27-24-20-16-12-8-3)87(88)114-90-84(103)80(99)78(97)72(111-90)68-107-74(93)62-56-49-42-39-36-33-29-26-23-19-15-11-7-2/h34,37,69-72,77-91,96-103H,6-33,35-36,38-68H2,1-5H3,(H,104,105)/b37-34-. The molecule has 0 radical (unpaired) electrons. The molecule has 3 aliphatic rings. The molecule has 1 saturated carbocycles. The lowest BCUT2D eigenvalue weighted by atomic mass is 9.84. The van der Waals surface area contributed by atoms with Gasteiger partial charge in [-0.25, -0.2) is 4.57 Å². The Hall–Kier alpha value is -2.79. The number of phosphoric ester groups is 1. The van der Waals surface area contributed by atoms with Gasteiger partial charge >= 0.3 is 31.7 Å². The van der Waals surface area contributed by atoms with Crippen molar-refractivity contribution < 1.29 is 122 Å². The second-order valence-electron chi connectivity index (χ2n) is 33.8. The van der Waals surface area contributed by atoms with Gasteiger partial charge in [0.05, 0.1) is 13.2 Å². The summed E-state index contributed by atoms with van der Waals surface area (Å²) in [6.45, 7) is 7.92. The zero-order valence-corrected chi connectivity index (χ0v) is 73.6. The Balaban J connectivity index is 1.93. The summed E-state index contributed by atoms with van der Waals surface area (Å²) < 4.78 is 73.4. The molecule has 10 N–H and O–H groups in total. The zero-order chi connectivity index (χ0) is 84.8. The molecule has 0 aromatic rings. The number of unbranched alkanes of at least 4 members (excludes halogenated alkanes) is 45. The number of aliphatic hydroxyl groups excluding tert-OH is 9. The fraction of sp³-hybridized carbons (Fsp3) is 0.933. The molecule has 1 aliphatic carbocycles. The lowest BCUT2D eigenvalue weighted by molar-refractivity contribution is -0.360. The van der Waals surface area contributed by atoms with Gasteiger partial charge in [0.25, 0.3) is 0 Å². The van der Waals surface area contributed by atoms with Gasteiger partial charge in [0, 0.05) is 25.7 Å². The maximum Gasteiger partial charge on any atom is 0.472 e. The van der Waals surface area contributed by atoms with Crippen LogP contribution < -0.4 is 0 Å². The number of aliphatic hydroxyl groups is 9. The normalized spacial score (nSPS) is 25.4. The summed E-state index contributed by atoms with van der Waals surface area (Å²) in [5.41, 5.74) is 0. The summed E-state index contributed by atoms with van der Waals surface area (Å²) in [6.07, 6.45) is 25.1. The molecule has 3 fully saturated rings. The van der Waals surface area contributed by atoms with E-state index in [0.29, 0.717) is 38.0 Å². The first-order chi connectivity index (χ1) is 56.1. The number of allylic oxidation sites excluding steroid dienone is 2. The molecule has 2 aliphatic heterocycles. The lowest BCUT2D eigenvalue weighted by Gasteiger charge is -2.50. The second kappa shape index (κ2) is 68.6. The van der Waals surface area contributed by atoms with E-state index in [-0.39, 0.29) is 32.1 Å². The van der Waals surface area contributed by atoms with Gasteiger partial charge in [0.1, 0.15) is 92.6 Å². The van der Waals surface area contributed by atoms with Crippen LogP contribution in [0.25, 0.3) is 0 Å². The molecule has 0 amide bonds. The van der Waals surface area contributed by atoms with E-state index in [4.69, 9.17) is 46.9 Å². The summed E-state index contributed by atoms with van der Waals surface area (Å²) in [4.78, 5) is 66.4. The van der Waals surface area contributed by atoms with Crippen LogP contribution >= 0.6 is 7.82 Å². The average molecular weight is 1680 g/mol. The van der Waals surface area contributed by atoms with Crippen LogP contribution in [0.15, 0.2) is 12.2 Å². The highest BCUT2D eigenvalue weighted by atomic mass is 31.2. The van der Waals surface area contributed by atoms with E-state index in [0.717, 1.165) is 122 Å². The van der Waals surface area contributed by atoms with E-state index in [1.54, 1.807) is 0 Å². The molecule has 0 bridgehead atoms. The molecule has 19 unspecified atom stereocenters. The van der Waals surface area contributed by atoms with Crippen molar-refractivity contribution in [2.75, 3.05) is 26.4 Å². The molecule has 19 atom stereocenters. The van der Waals surface area contributed by atoms with E-state index in [9.17, 15) is 74.6 Å². The Labute approximate surface area is 699 Å². The third kappa shape index (κ3) is 48.9. The quantitative estimate of drug-likeness (QED) is 0.00889. The lowest BCUT2D eigenvalue weighted by Crippen LogP contribution is -2.70. The number of hydrogen-bond acceptors (Lipinski definition) is 24. The topological polar surface area (TPSA) is 380 Å².